The standard InChI is InChI=1S/C21H42N2/c1-3-18(4-2)15-23(16-20-8-6-5-7-9-20)17-21-12-10-19(14-22)11-13-21/h18-21H,3-17,22H2,1-2H3. The van der Waals surface area contributed by atoms with Gasteiger partial charge in [0.25, 0.3) is 0 Å². The van der Waals surface area contributed by atoms with Gasteiger partial charge in [0.05, 0.1) is 0 Å². The van der Waals surface area contributed by atoms with E-state index in [-0.39, 0.29) is 0 Å². The van der Waals surface area contributed by atoms with Crippen LogP contribution in [0, 0.1) is 23.7 Å². The molecule has 0 amide bonds. The van der Waals surface area contributed by atoms with Crippen molar-refractivity contribution in [3.05, 3.63) is 0 Å². The second kappa shape index (κ2) is 10.7. The molecule has 0 radical (unpaired) electrons. The normalized spacial score (nSPS) is 27.0. The molecule has 136 valence electrons. The molecule has 0 aromatic rings. The van der Waals surface area contributed by atoms with Crippen LogP contribution in [0.1, 0.15) is 84.5 Å². The van der Waals surface area contributed by atoms with Crippen molar-refractivity contribution in [3.8, 4) is 0 Å². The van der Waals surface area contributed by atoms with Crippen molar-refractivity contribution in [1.29, 1.82) is 0 Å². The third-order valence-electron chi connectivity index (χ3n) is 6.73. The highest BCUT2D eigenvalue weighted by molar-refractivity contribution is 4.79. The third-order valence-corrected chi connectivity index (χ3v) is 6.73. The zero-order chi connectivity index (χ0) is 16.5. The molecule has 0 heterocycles. The zero-order valence-electron chi connectivity index (χ0n) is 15.9. The van der Waals surface area contributed by atoms with Crippen LogP contribution < -0.4 is 5.73 Å². The maximum Gasteiger partial charge on any atom is 0.000989 e. The minimum absolute atomic E-state index is 0.817. The molecule has 0 spiro atoms. The van der Waals surface area contributed by atoms with E-state index in [1.165, 1.54) is 90.3 Å². The quantitative estimate of drug-likeness (QED) is 0.642. The molecule has 2 saturated carbocycles. The molecule has 0 unspecified atom stereocenters. The lowest BCUT2D eigenvalue weighted by atomic mass is 9.81. The van der Waals surface area contributed by atoms with Crippen LogP contribution >= 0.6 is 0 Å². The van der Waals surface area contributed by atoms with Gasteiger partial charge in [-0.25, -0.2) is 0 Å². The first-order valence-electron chi connectivity index (χ1n) is 10.7. The molecule has 2 nitrogen and oxygen atoms in total. The van der Waals surface area contributed by atoms with Crippen molar-refractivity contribution in [3.63, 3.8) is 0 Å². The first-order valence-corrected chi connectivity index (χ1v) is 10.7. The average molecular weight is 323 g/mol. The molecule has 2 aliphatic rings. The summed E-state index contributed by atoms with van der Waals surface area (Å²) in [6.07, 6.45) is 15.7. The van der Waals surface area contributed by atoms with Gasteiger partial charge >= 0.3 is 0 Å². The Kier molecular flexibility index (Phi) is 8.97. The molecule has 0 aliphatic heterocycles. The molecular formula is C21H42N2. The summed E-state index contributed by atoms with van der Waals surface area (Å²) in [5, 5.41) is 0. The van der Waals surface area contributed by atoms with E-state index in [2.05, 4.69) is 18.7 Å². The first kappa shape index (κ1) is 19.2. The lowest BCUT2D eigenvalue weighted by Crippen LogP contribution is -2.39. The van der Waals surface area contributed by atoms with Crippen LogP contribution in [0.15, 0.2) is 0 Å². The molecule has 2 heteroatoms. The van der Waals surface area contributed by atoms with Crippen molar-refractivity contribution >= 4 is 0 Å². The van der Waals surface area contributed by atoms with E-state index in [0.717, 1.165) is 30.2 Å². The van der Waals surface area contributed by atoms with Gasteiger partial charge in [0.2, 0.25) is 0 Å². The van der Waals surface area contributed by atoms with Crippen LogP contribution in [0.2, 0.25) is 0 Å². The molecule has 0 bridgehead atoms. The highest BCUT2D eigenvalue weighted by Gasteiger charge is 2.25. The topological polar surface area (TPSA) is 29.3 Å². The van der Waals surface area contributed by atoms with Crippen molar-refractivity contribution in [2.24, 2.45) is 29.4 Å². The molecular weight excluding hydrogens is 280 g/mol. The summed E-state index contributed by atoms with van der Waals surface area (Å²) in [7, 11) is 0. The molecule has 0 aromatic heterocycles. The maximum atomic E-state index is 5.87. The van der Waals surface area contributed by atoms with Gasteiger partial charge in [-0.3, -0.25) is 0 Å². The summed E-state index contributed by atoms with van der Waals surface area (Å²) >= 11 is 0. The van der Waals surface area contributed by atoms with Crippen molar-refractivity contribution in [2.75, 3.05) is 26.2 Å². The lowest BCUT2D eigenvalue weighted by molar-refractivity contribution is 0.130. The number of rotatable bonds is 9. The van der Waals surface area contributed by atoms with Crippen LogP contribution in [0.5, 0.6) is 0 Å². The number of nitrogens with two attached hydrogens (primary N) is 1. The minimum atomic E-state index is 0.817. The highest BCUT2D eigenvalue weighted by atomic mass is 15.1. The molecule has 2 rings (SSSR count). The highest BCUT2D eigenvalue weighted by Crippen LogP contribution is 2.30. The molecule has 0 aromatic carbocycles. The van der Waals surface area contributed by atoms with Gasteiger partial charge in [-0.05, 0) is 68.7 Å². The van der Waals surface area contributed by atoms with Gasteiger partial charge in [0, 0.05) is 19.6 Å². The fourth-order valence-corrected chi connectivity index (χ4v) is 4.89. The van der Waals surface area contributed by atoms with Gasteiger partial charge in [-0.1, -0.05) is 46.0 Å². The Morgan fingerprint density at radius 1 is 0.783 bits per heavy atom. The summed E-state index contributed by atoms with van der Waals surface area (Å²) in [5.74, 6) is 3.64. The summed E-state index contributed by atoms with van der Waals surface area (Å²) in [6, 6.07) is 0. The lowest BCUT2D eigenvalue weighted by Gasteiger charge is -2.36. The molecule has 0 saturated heterocycles. The predicted octanol–water partition coefficient (Wildman–Crippen LogP) is 5.07. The van der Waals surface area contributed by atoms with Gasteiger partial charge in [-0.15, -0.1) is 0 Å². The van der Waals surface area contributed by atoms with Gasteiger partial charge in [-0.2, -0.15) is 0 Å². The van der Waals surface area contributed by atoms with Crippen LogP contribution in [-0.2, 0) is 0 Å². The Bertz CT molecular complexity index is 286. The molecule has 2 aliphatic carbocycles. The van der Waals surface area contributed by atoms with E-state index in [1.807, 2.05) is 0 Å². The molecule has 0 atom stereocenters. The monoisotopic (exact) mass is 322 g/mol. The Labute approximate surface area is 145 Å². The number of hydrogen-bond acceptors (Lipinski definition) is 2. The van der Waals surface area contributed by atoms with Crippen LogP contribution in [0.4, 0.5) is 0 Å². The van der Waals surface area contributed by atoms with Crippen LogP contribution in [-0.4, -0.2) is 31.1 Å². The van der Waals surface area contributed by atoms with E-state index in [0.29, 0.717) is 0 Å². The Morgan fingerprint density at radius 3 is 1.83 bits per heavy atom. The SMILES string of the molecule is CCC(CC)CN(CC1CCCCC1)CC1CCC(CN)CC1. The molecule has 2 N–H and O–H groups in total. The smallest absolute Gasteiger partial charge is 0.000989 e. The Morgan fingerprint density at radius 2 is 1.30 bits per heavy atom. The fourth-order valence-electron chi connectivity index (χ4n) is 4.89. The Hall–Kier alpha value is -0.0800. The van der Waals surface area contributed by atoms with E-state index >= 15 is 0 Å². The zero-order valence-corrected chi connectivity index (χ0v) is 15.9. The van der Waals surface area contributed by atoms with Gasteiger partial charge in [0.1, 0.15) is 0 Å². The van der Waals surface area contributed by atoms with E-state index < -0.39 is 0 Å². The number of nitrogens with zero attached hydrogens (tertiary/aromatic N) is 1. The first-order chi connectivity index (χ1) is 11.2. The van der Waals surface area contributed by atoms with E-state index in [1.54, 1.807) is 0 Å². The fraction of sp³-hybridized carbons (Fsp3) is 1.00. The van der Waals surface area contributed by atoms with Gasteiger partial charge < -0.3 is 10.6 Å². The largest absolute Gasteiger partial charge is 0.330 e. The summed E-state index contributed by atoms with van der Waals surface area (Å²) < 4.78 is 0. The van der Waals surface area contributed by atoms with Crippen molar-refractivity contribution in [1.82, 2.24) is 4.90 Å². The predicted molar refractivity (Wildman–Crippen MR) is 102 cm³/mol. The molecule has 23 heavy (non-hydrogen) atoms. The summed E-state index contributed by atoms with van der Waals surface area (Å²) in [4.78, 5) is 2.88. The minimum Gasteiger partial charge on any atom is -0.330 e. The third kappa shape index (κ3) is 6.74. The second-order valence-electron chi connectivity index (χ2n) is 8.53. The van der Waals surface area contributed by atoms with E-state index in [4.69, 9.17) is 5.73 Å². The molecule has 2 fully saturated rings. The summed E-state index contributed by atoms with van der Waals surface area (Å²) in [6.45, 7) is 9.75. The van der Waals surface area contributed by atoms with Crippen molar-refractivity contribution in [2.45, 2.75) is 84.5 Å². The number of hydrogen-bond donors (Lipinski definition) is 1. The van der Waals surface area contributed by atoms with Crippen molar-refractivity contribution < 1.29 is 0 Å². The maximum absolute atomic E-state index is 5.87. The average Bonchev–Trinajstić information content (AvgIpc) is 2.61. The second-order valence-corrected chi connectivity index (χ2v) is 8.53. The van der Waals surface area contributed by atoms with Crippen LogP contribution in [0.3, 0.4) is 0 Å². The Balaban J connectivity index is 1.84. The summed E-state index contributed by atoms with van der Waals surface area (Å²) in [5.41, 5.74) is 5.87. The van der Waals surface area contributed by atoms with E-state index in [9.17, 15) is 0 Å². The van der Waals surface area contributed by atoms with Gasteiger partial charge in [0.15, 0.2) is 0 Å². The van der Waals surface area contributed by atoms with Crippen LogP contribution in [0.25, 0.3) is 0 Å².